The number of phenols is 1. The summed E-state index contributed by atoms with van der Waals surface area (Å²) in [6.45, 7) is 7.81. The molecule has 2 aromatic carbocycles. The molecule has 5 nitrogen and oxygen atoms in total. The van der Waals surface area contributed by atoms with Crippen LogP contribution in [-0.4, -0.2) is 31.1 Å². The van der Waals surface area contributed by atoms with E-state index < -0.39 is 5.97 Å². The van der Waals surface area contributed by atoms with Crippen LogP contribution in [0.2, 0.25) is 0 Å². The first-order chi connectivity index (χ1) is 14.5. The number of ether oxygens (including phenoxy) is 3. The number of hydrogen-bond acceptors (Lipinski definition) is 5. The van der Waals surface area contributed by atoms with Gasteiger partial charge in [-0.15, -0.1) is 0 Å². The minimum absolute atomic E-state index is 0.190. The zero-order valence-electron chi connectivity index (χ0n) is 17.8. The van der Waals surface area contributed by atoms with Crippen LogP contribution in [0.25, 0.3) is 12.2 Å². The molecule has 5 heteroatoms. The van der Waals surface area contributed by atoms with Gasteiger partial charge in [-0.25, -0.2) is 4.79 Å². The lowest BCUT2D eigenvalue weighted by Crippen LogP contribution is -2.19. The molecule has 160 valence electrons. The average Bonchev–Trinajstić information content (AvgIpc) is 2.78. The third-order valence-electron chi connectivity index (χ3n) is 3.78. The number of allylic oxidation sites excluding steroid dienone is 2. The van der Waals surface area contributed by atoms with E-state index in [0.29, 0.717) is 6.61 Å². The molecule has 0 aliphatic rings. The first-order valence-electron chi connectivity index (χ1n) is 9.74. The predicted octanol–water partition coefficient (Wildman–Crippen LogP) is 5.62. The van der Waals surface area contributed by atoms with Crippen molar-refractivity contribution in [2.75, 3.05) is 13.7 Å². The van der Waals surface area contributed by atoms with E-state index in [4.69, 9.17) is 9.47 Å². The van der Waals surface area contributed by atoms with Gasteiger partial charge >= 0.3 is 5.97 Å². The molecule has 0 aliphatic heterocycles. The molecule has 0 saturated carbocycles. The maximum absolute atomic E-state index is 9.84. The van der Waals surface area contributed by atoms with Crippen LogP contribution < -0.4 is 4.74 Å². The summed E-state index contributed by atoms with van der Waals surface area (Å²) in [5, 5.41) is 9.24. The monoisotopic (exact) mass is 410 g/mol. The molecule has 0 heterocycles. The highest BCUT2D eigenvalue weighted by Gasteiger charge is 2.06. The van der Waals surface area contributed by atoms with Crippen molar-refractivity contribution in [3.05, 3.63) is 84.5 Å². The van der Waals surface area contributed by atoms with Gasteiger partial charge in [0.25, 0.3) is 0 Å². The second-order valence-corrected chi connectivity index (χ2v) is 6.02. The fourth-order valence-electron chi connectivity index (χ4n) is 2.23. The summed E-state index contributed by atoms with van der Waals surface area (Å²) in [4.78, 5) is 9.84. The van der Waals surface area contributed by atoms with Crippen LogP contribution in [0, 0.1) is 0 Å². The second kappa shape index (κ2) is 14.7. The molecule has 0 aliphatic carbocycles. The van der Waals surface area contributed by atoms with Gasteiger partial charge in [0.1, 0.15) is 11.5 Å². The number of carbonyl (C=O) groups is 1. The van der Waals surface area contributed by atoms with Gasteiger partial charge in [0.2, 0.25) is 0 Å². The van der Waals surface area contributed by atoms with Crippen LogP contribution in [0.15, 0.2) is 73.3 Å². The molecule has 0 spiro atoms. The molecule has 0 saturated heterocycles. The molecule has 2 rings (SSSR count). The summed E-state index contributed by atoms with van der Waals surface area (Å²) in [5.74, 6) is 0.696. The minimum Gasteiger partial charge on any atom is -0.508 e. The Balaban J connectivity index is 0.000000656. The van der Waals surface area contributed by atoms with E-state index in [-0.39, 0.29) is 12.0 Å². The first-order valence-corrected chi connectivity index (χ1v) is 9.74. The third kappa shape index (κ3) is 10.3. The highest BCUT2D eigenvalue weighted by molar-refractivity contribution is 5.80. The standard InChI is InChI=1S/C21H24O3.C4H6O2/c1-3-21(23-4-2)24-20-15-11-18(12-16-20)8-6-5-7-17-9-13-19(22)14-10-17;1-3-4(5)6-2/h5-16,21-22H,3-4H2,1-2H3;3H,1H2,2H3. The van der Waals surface area contributed by atoms with Crippen molar-refractivity contribution in [2.24, 2.45) is 0 Å². The number of carbonyl (C=O) groups excluding carboxylic acids is 1. The third-order valence-corrected chi connectivity index (χ3v) is 3.78. The number of methoxy groups -OCH3 is 1. The number of phenolic OH excluding ortho intramolecular Hbond substituents is 1. The Hall–Kier alpha value is -3.31. The van der Waals surface area contributed by atoms with Crippen molar-refractivity contribution >= 4 is 18.1 Å². The molecule has 0 aromatic heterocycles. The maximum Gasteiger partial charge on any atom is 0.329 e. The number of rotatable bonds is 9. The smallest absolute Gasteiger partial charge is 0.329 e. The largest absolute Gasteiger partial charge is 0.508 e. The van der Waals surface area contributed by atoms with Crippen LogP contribution in [0.4, 0.5) is 0 Å². The Morgan fingerprint density at radius 3 is 1.93 bits per heavy atom. The minimum atomic E-state index is -0.394. The maximum atomic E-state index is 9.84. The van der Waals surface area contributed by atoms with Crippen LogP contribution in [-0.2, 0) is 14.3 Å². The summed E-state index contributed by atoms with van der Waals surface area (Å²) in [5.41, 5.74) is 2.14. The Kier molecular flexibility index (Phi) is 12.1. The molecule has 30 heavy (non-hydrogen) atoms. The lowest BCUT2D eigenvalue weighted by Gasteiger charge is -2.17. The van der Waals surface area contributed by atoms with Crippen molar-refractivity contribution in [3.8, 4) is 11.5 Å². The molecule has 1 unspecified atom stereocenters. The molecule has 1 N–H and O–H groups in total. The summed E-state index contributed by atoms with van der Waals surface area (Å²) in [6, 6.07) is 15.0. The van der Waals surface area contributed by atoms with E-state index in [1.54, 1.807) is 12.1 Å². The summed E-state index contributed by atoms with van der Waals surface area (Å²) >= 11 is 0. The van der Waals surface area contributed by atoms with Crippen molar-refractivity contribution < 1.29 is 24.1 Å². The van der Waals surface area contributed by atoms with Crippen LogP contribution >= 0.6 is 0 Å². The lowest BCUT2D eigenvalue weighted by atomic mass is 10.2. The average molecular weight is 411 g/mol. The Labute approximate surface area is 178 Å². The molecule has 1 atom stereocenters. The molecular weight excluding hydrogens is 380 g/mol. The van der Waals surface area contributed by atoms with E-state index in [1.165, 1.54) is 7.11 Å². The van der Waals surface area contributed by atoms with Gasteiger partial charge < -0.3 is 19.3 Å². The normalized spacial score (nSPS) is 11.6. The number of hydrogen-bond donors (Lipinski definition) is 1. The molecule has 0 fully saturated rings. The van der Waals surface area contributed by atoms with E-state index in [0.717, 1.165) is 29.4 Å². The summed E-state index contributed by atoms with van der Waals surface area (Å²) in [6.07, 6.45) is 9.71. The highest BCUT2D eigenvalue weighted by atomic mass is 16.7. The van der Waals surface area contributed by atoms with Crippen molar-refractivity contribution in [3.63, 3.8) is 0 Å². The van der Waals surface area contributed by atoms with Gasteiger partial charge in [-0.3, -0.25) is 0 Å². The van der Waals surface area contributed by atoms with Crippen molar-refractivity contribution in [1.29, 1.82) is 0 Å². The Bertz CT molecular complexity index is 804. The van der Waals surface area contributed by atoms with E-state index >= 15 is 0 Å². The van der Waals surface area contributed by atoms with E-state index in [2.05, 4.69) is 11.3 Å². The molecular formula is C25H30O5. The SMILES string of the molecule is C=CC(=O)OC.CCOC(CC)Oc1ccc(C=CC=Cc2ccc(O)cc2)cc1. The molecule has 2 aromatic rings. The van der Waals surface area contributed by atoms with Crippen molar-refractivity contribution in [2.45, 2.75) is 26.6 Å². The fraction of sp³-hybridized carbons (Fsp3) is 0.240. The van der Waals surface area contributed by atoms with Crippen molar-refractivity contribution in [1.82, 2.24) is 0 Å². The molecule has 0 radical (unpaired) electrons. The first kappa shape index (κ1) is 24.7. The Morgan fingerprint density at radius 1 is 1.00 bits per heavy atom. The van der Waals surface area contributed by atoms with Crippen LogP contribution in [0.1, 0.15) is 31.4 Å². The zero-order chi connectivity index (χ0) is 22.2. The molecule has 0 amide bonds. The van der Waals surface area contributed by atoms with Gasteiger partial charge in [-0.1, -0.05) is 62.1 Å². The summed E-state index contributed by atoms with van der Waals surface area (Å²) < 4.78 is 15.4. The van der Waals surface area contributed by atoms with E-state index in [1.807, 2.05) is 74.5 Å². The fourth-order valence-corrected chi connectivity index (χ4v) is 2.23. The van der Waals surface area contributed by atoms with Gasteiger partial charge in [0.05, 0.1) is 7.11 Å². The zero-order valence-corrected chi connectivity index (χ0v) is 17.8. The van der Waals surface area contributed by atoms with Gasteiger partial charge in [0.15, 0.2) is 6.29 Å². The summed E-state index contributed by atoms with van der Waals surface area (Å²) in [7, 11) is 1.31. The van der Waals surface area contributed by atoms with Gasteiger partial charge in [-0.05, 0) is 42.3 Å². The number of esters is 1. The van der Waals surface area contributed by atoms with E-state index in [9.17, 15) is 9.90 Å². The second-order valence-electron chi connectivity index (χ2n) is 6.02. The van der Waals surface area contributed by atoms with Gasteiger partial charge in [0, 0.05) is 19.1 Å². The molecule has 0 bridgehead atoms. The predicted molar refractivity (Wildman–Crippen MR) is 121 cm³/mol. The lowest BCUT2D eigenvalue weighted by molar-refractivity contribution is -0.134. The quantitative estimate of drug-likeness (QED) is 0.252. The number of benzene rings is 2. The number of aromatic hydroxyl groups is 1. The van der Waals surface area contributed by atoms with Crippen LogP contribution in [0.3, 0.4) is 0 Å². The van der Waals surface area contributed by atoms with Crippen LogP contribution in [0.5, 0.6) is 11.5 Å². The Morgan fingerprint density at radius 2 is 1.53 bits per heavy atom. The topological polar surface area (TPSA) is 65.0 Å². The van der Waals surface area contributed by atoms with Gasteiger partial charge in [-0.2, -0.15) is 0 Å². The highest BCUT2D eigenvalue weighted by Crippen LogP contribution is 2.16.